The molecule has 11 nitrogen and oxygen atoms in total. The van der Waals surface area contributed by atoms with Crippen LogP contribution in [0.5, 0.6) is 5.75 Å². The van der Waals surface area contributed by atoms with E-state index >= 15 is 0 Å². The predicted octanol–water partition coefficient (Wildman–Crippen LogP) is 2.40. The number of fused-ring (bicyclic) bond motifs is 1. The van der Waals surface area contributed by atoms with E-state index in [0.717, 1.165) is 5.56 Å². The number of ether oxygens (including phenoxy) is 2. The molecule has 0 spiro atoms. The molecule has 1 aliphatic rings. The van der Waals surface area contributed by atoms with Gasteiger partial charge >= 0.3 is 6.09 Å². The van der Waals surface area contributed by atoms with Crippen LogP contribution in [0, 0.1) is 18.3 Å². The van der Waals surface area contributed by atoms with Crippen LogP contribution in [0.1, 0.15) is 36.6 Å². The molecule has 0 saturated carbocycles. The van der Waals surface area contributed by atoms with E-state index in [9.17, 15) is 14.9 Å². The number of carbonyl (C=O) groups is 1. The van der Waals surface area contributed by atoms with Gasteiger partial charge in [0.1, 0.15) is 11.9 Å². The molecule has 0 bridgehead atoms. The molecule has 0 radical (unpaired) electrons. The van der Waals surface area contributed by atoms with Crippen LogP contribution >= 0.6 is 0 Å². The number of anilines is 1. The van der Waals surface area contributed by atoms with E-state index in [1.165, 1.54) is 17.7 Å². The molecule has 0 aliphatic carbocycles. The van der Waals surface area contributed by atoms with E-state index in [0.29, 0.717) is 43.3 Å². The first-order valence-electron chi connectivity index (χ1n) is 10.7. The van der Waals surface area contributed by atoms with Gasteiger partial charge in [0.25, 0.3) is 11.3 Å². The Kier molecular flexibility index (Phi) is 6.44. The number of rotatable bonds is 6. The third kappa shape index (κ3) is 5.06. The molecule has 1 amide bonds. The summed E-state index contributed by atoms with van der Waals surface area (Å²) in [5, 5.41) is 15.4. The first-order chi connectivity index (χ1) is 16.0. The van der Waals surface area contributed by atoms with Gasteiger partial charge in [-0.05, 0) is 24.6 Å². The molecule has 1 saturated heterocycles. The Labute approximate surface area is 189 Å². The first kappa shape index (κ1) is 22.1. The first-order valence-corrected chi connectivity index (χ1v) is 10.7. The topological polar surface area (TPSA) is 138 Å². The normalized spacial score (nSPS) is 15.1. The Morgan fingerprint density at radius 3 is 2.85 bits per heavy atom. The lowest BCUT2D eigenvalue weighted by molar-refractivity contribution is 0.0790. The highest BCUT2D eigenvalue weighted by Gasteiger charge is 2.24. The number of piperidine rings is 1. The van der Waals surface area contributed by atoms with E-state index in [4.69, 9.17) is 9.47 Å². The van der Waals surface area contributed by atoms with Crippen LogP contribution in [-0.2, 0) is 4.74 Å². The molecule has 1 aliphatic heterocycles. The maximum absolute atomic E-state index is 12.1. The van der Waals surface area contributed by atoms with Crippen LogP contribution < -0.4 is 15.6 Å². The summed E-state index contributed by atoms with van der Waals surface area (Å²) < 4.78 is 12.2. The van der Waals surface area contributed by atoms with E-state index in [-0.39, 0.29) is 36.0 Å². The van der Waals surface area contributed by atoms with Crippen molar-refractivity contribution >= 4 is 17.8 Å². The average molecular weight is 451 g/mol. The number of benzene rings is 1. The van der Waals surface area contributed by atoms with Crippen molar-refractivity contribution in [3.05, 3.63) is 51.9 Å². The summed E-state index contributed by atoms with van der Waals surface area (Å²) in [5.41, 5.74) is 1.16. The molecule has 3 heterocycles. The van der Waals surface area contributed by atoms with Crippen LogP contribution in [0.25, 0.3) is 5.78 Å². The SMILES string of the molecule is COC(=O)N1CCC(Oc2cccc([C@@H](CC#N)Nc3nc4nc(C)cc(=O)n4[nH]3)c2)CC1. The molecular formula is C22H25N7O4. The van der Waals surface area contributed by atoms with Crippen LogP contribution in [-0.4, -0.2) is 56.9 Å². The molecule has 1 fully saturated rings. The molecule has 0 unspecified atom stereocenters. The Bertz CT molecular complexity index is 1240. The molecule has 11 heteroatoms. The number of aryl methyl sites for hydroxylation is 1. The fourth-order valence-corrected chi connectivity index (χ4v) is 3.85. The van der Waals surface area contributed by atoms with Gasteiger partial charge < -0.3 is 19.7 Å². The molecule has 1 aromatic carbocycles. The van der Waals surface area contributed by atoms with Crippen LogP contribution in [0.15, 0.2) is 35.1 Å². The third-order valence-electron chi connectivity index (χ3n) is 5.50. The molecule has 3 aromatic rings. The van der Waals surface area contributed by atoms with Crippen molar-refractivity contribution in [3.63, 3.8) is 0 Å². The molecule has 4 rings (SSSR count). The van der Waals surface area contributed by atoms with Crippen LogP contribution in [0.3, 0.4) is 0 Å². The summed E-state index contributed by atoms with van der Waals surface area (Å²) in [4.78, 5) is 34.0. The van der Waals surface area contributed by atoms with Gasteiger partial charge in [-0.1, -0.05) is 12.1 Å². The van der Waals surface area contributed by atoms with Gasteiger partial charge in [-0.3, -0.25) is 9.89 Å². The van der Waals surface area contributed by atoms with Gasteiger partial charge in [-0.25, -0.2) is 9.78 Å². The second kappa shape index (κ2) is 9.60. The monoisotopic (exact) mass is 451 g/mol. The van der Waals surface area contributed by atoms with Gasteiger partial charge in [-0.2, -0.15) is 14.8 Å². The highest BCUT2D eigenvalue weighted by molar-refractivity contribution is 5.67. The summed E-state index contributed by atoms with van der Waals surface area (Å²) in [6.07, 6.45) is 1.26. The van der Waals surface area contributed by atoms with Crippen LogP contribution in [0.2, 0.25) is 0 Å². The number of amides is 1. The Hall–Kier alpha value is -4.07. The van der Waals surface area contributed by atoms with Crippen molar-refractivity contribution in [2.45, 2.75) is 38.3 Å². The molecule has 172 valence electrons. The zero-order chi connectivity index (χ0) is 23.4. The second-order valence-electron chi connectivity index (χ2n) is 7.85. The number of nitrogens with zero attached hydrogens (tertiary/aromatic N) is 5. The summed E-state index contributed by atoms with van der Waals surface area (Å²) >= 11 is 0. The quantitative estimate of drug-likeness (QED) is 0.583. The van der Waals surface area contributed by atoms with Crippen molar-refractivity contribution in [2.75, 3.05) is 25.5 Å². The molecule has 1 atom stereocenters. The number of nitrogens with one attached hydrogen (secondary N) is 2. The lowest BCUT2D eigenvalue weighted by Gasteiger charge is -2.31. The van der Waals surface area contributed by atoms with E-state index in [1.807, 2.05) is 24.3 Å². The zero-order valence-corrected chi connectivity index (χ0v) is 18.4. The summed E-state index contributed by atoms with van der Waals surface area (Å²) in [7, 11) is 1.38. The van der Waals surface area contributed by atoms with Gasteiger partial charge in [0, 0.05) is 37.7 Å². The zero-order valence-electron chi connectivity index (χ0n) is 18.4. The molecule has 2 aromatic heterocycles. The summed E-state index contributed by atoms with van der Waals surface area (Å²) in [6.45, 7) is 2.88. The number of H-pyrrole nitrogens is 1. The summed E-state index contributed by atoms with van der Waals surface area (Å²) in [5.74, 6) is 1.28. The highest BCUT2D eigenvalue weighted by atomic mass is 16.5. The number of likely N-dealkylation sites (tertiary alicyclic amines) is 1. The van der Waals surface area contributed by atoms with Gasteiger partial charge in [0.15, 0.2) is 0 Å². The smallest absolute Gasteiger partial charge is 0.409 e. The minimum Gasteiger partial charge on any atom is -0.490 e. The minimum atomic E-state index is -0.378. The lowest BCUT2D eigenvalue weighted by atomic mass is 10.0. The van der Waals surface area contributed by atoms with Crippen molar-refractivity contribution in [1.82, 2.24) is 24.5 Å². The Balaban J connectivity index is 1.47. The number of aromatic nitrogens is 4. The summed E-state index contributed by atoms with van der Waals surface area (Å²) in [6, 6.07) is 10.7. The number of nitriles is 1. The Morgan fingerprint density at radius 1 is 1.33 bits per heavy atom. The van der Waals surface area contributed by atoms with Crippen molar-refractivity contribution in [2.24, 2.45) is 0 Å². The predicted molar refractivity (Wildman–Crippen MR) is 119 cm³/mol. The largest absolute Gasteiger partial charge is 0.490 e. The number of carbonyl (C=O) groups excluding carboxylic acids is 1. The lowest BCUT2D eigenvalue weighted by Crippen LogP contribution is -2.41. The Morgan fingerprint density at radius 2 is 2.12 bits per heavy atom. The van der Waals surface area contributed by atoms with Crippen molar-refractivity contribution < 1.29 is 14.3 Å². The average Bonchev–Trinajstić information content (AvgIpc) is 3.22. The van der Waals surface area contributed by atoms with Crippen molar-refractivity contribution in [1.29, 1.82) is 5.26 Å². The van der Waals surface area contributed by atoms with Gasteiger partial charge in [0.2, 0.25) is 5.95 Å². The van der Waals surface area contributed by atoms with E-state index in [2.05, 4.69) is 26.5 Å². The number of hydrogen-bond donors (Lipinski definition) is 2. The molecular weight excluding hydrogens is 426 g/mol. The number of aromatic amines is 1. The van der Waals surface area contributed by atoms with Gasteiger partial charge in [0.05, 0.1) is 25.6 Å². The third-order valence-corrected chi connectivity index (χ3v) is 5.50. The number of hydrogen-bond acceptors (Lipinski definition) is 8. The standard InChI is InChI=1S/C22H25N7O4/c1-14-12-19(30)29-21(24-14)26-20(27-29)25-18(6-9-23)15-4-3-5-17(13-15)33-16-7-10-28(11-8-16)22(31)32-2/h3-5,12-13,16,18H,6-8,10-11H2,1-2H3,(H2,24,25,26,27)/t18-/m1/s1. The van der Waals surface area contributed by atoms with Crippen molar-refractivity contribution in [3.8, 4) is 11.8 Å². The second-order valence-corrected chi connectivity index (χ2v) is 7.85. The molecule has 2 N–H and O–H groups in total. The van der Waals surface area contributed by atoms with E-state index < -0.39 is 0 Å². The van der Waals surface area contributed by atoms with Crippen LogP contribution in [0.4, 0.5) is 10.7 Å². The maximum atomic E-state index is 12.1. The fourth-order valence-electron chi connectivity index (χ4n) is 3.85. The number of methoxy groups -OCH3 is 1. The highest BCUT2D eigenvalue weighted by Crippen LogP contribution is 2.26. The molecule has 33 heavy (non-hydrogen) atoms. The van der Waals surface area contributed by atoms with Gasteiger partial charge in [-0.15, -0.1) is 0 Å². The maximum Gasteiger partial charge on any atom is 0.409 e. The minimum absolute atomic E-state index is 0.0138. The van der Waals surface area contributed by atoms with E-state index in [1.54, 1.807) is 11.8 Å². The fraction of sp³-hybridized carbons (Fsp3) is 0.409.